The Balaban J connectivity index is 1.87. The first-order chi connectivity index (χ1) is 8.40. The maximum absolute atomic E-state index is 11.9. The lowest BCUT2D eigenvalue weighted by molar-refractivity contribution is -0.122. The predicted octanol–water partition coefficient (Wildman–Crippen LogP) is 2.16. The van der Waals surface area contributed by atoms with E-state index in [0.29, 0.717) is 11.3 Å². The first kappa shape index (κ1) is 13.1. The molecule has 18 heavy (non-hydrogen) atoms. The molecular weight excluding hydrogens is 224 g/mol. The summed E-state index contributed by atoms with van der Waals surface area (Å²) in [5.74, 6) is 0.522. The molecule has 2 unspecified atom stereocenters. The SMILES string of the molecule is Cc1ccc(C(N)C(=O)NCC2CC2(C)C)cc1. The molecule has 1 fully saturated rings. The van der Waals surface area contributed by atoms with Crippen LogP contribution in [0.15, 0.2) is 24.3 Å². The van der Waals surface area contributed by atoms with Gasteiger partial charge in [-0.15, -0.1) is 0 Å². The molecule has 2 rings (SSSR count). The third-order valence-corrected chi connectivity index (χ3v) is 3.96. The van der Waals surface area contributed by atoms with Gasteiger partial charge >= 0.3 is 0 Å². The van der Waals surface area contributed by atoms with Crippen molar-refractivity contribution in [3.05, 3.63) is 35.4 Å². The van der Waals surface area contributed by atoms with E-state index in [1.165, 1.54) is 12.0 Å². The lowest BCUT2D eigenvalue weighted by Gasteiger charge is -2.13. The Morgan fingerprint density at radius 3 is 2.50 bits per heavy atom. The van der Waals surface area contributed by atoms with Crippen molar-refractivity contribution < 1.29 is 4.79 Å². The minimum Gasteiger partial charge on any atom is -0.354 e. The van der Waals surface area contributed by atoms with E-state index in [-0.39, 0.29) is 5.91 Å². The Morgan fingerprint density at radius 2 is 2.00 bits per heavy atom. The molecule has 1 amide bonds. The van der Waals surface area contributed by atoms with E-state index in [2.05, 4.69) is 19.2 Å². The van der Waals surface area contributed by atoms with Gasteiger partial charge in [0, 0.05) is 6.54 Å². The van der Waals surface area contributed by atoms with Gasteiger partial charge in [0.25, 0.3) is 0 Å². The average molecular weight is 246 g/mol. The zero-order valence-corrected chi connectivity index (χ0v) is 11.4. The number of amides is 1. The Hall–Kier alpha value is -1.35. The number of hydrogen-bond donors (Lipinski definition) is 2. The molecule has 0 aliphatic heterocycles. The Labute approximate surface area is 109 Å². The summed E-state index contributed by atoms with van der Waals surface area (Å²) >= 11 is 0. The molecule has 1 aromatic rings. The van der Waals surface area contributed by atoms with Gasteiger partial charge in [-0.2, -0.15) is 0 Å². The van der Waals surface area contributed by atoms with Crippen LogP contribution in [0.2, 0.25) is 0 Å². The van der Waals surface area contributed by atoms with E-state index in [1.807, 2.05) is 31.2 Å². The molecule has 0 radical (unpaired) electrons. The summed E-state index contributed by atoms with van der Waals surface area (Å²) in [6.07, 6.45) is 1.19. The summed E-state index contributed by atoms with van der Waals surface area (Å²) in [4.78, 5) is 11.9. The van der Waals surface area contributed by atoms with Crippen LogP contribution in [0.25, 0.3) is 0 Å². The summed E-state index contributed by atoms with van der Waals surface area (Å²) in [6, 6.07) is 7.23. The third-order valence-electron chi connectivity index (χ3n) is 3.96. The lowest BCUT2D eigenvalue weighted by atomic mass is 10.1. The number of hydrogen-bond acceptors (Lipinski definition) is 2. The summed E-state index contributed by atoms with van der Waals surface area (Å²) in [6.45, 7) is 7.21. The fourth-order valence-electron chi connectivity index (χ4n) is 2.18. The van der Waals surface area contributed by atoms with Gasteiger partial charge in [-0.25, -0.2) is 0 Å². The molecule has 0 spiro atoms. The van der Waals surface area contributed by atoms with Crippen LogP contribution in [-0.2, 0) is 4.79 Å². The average Bonchev–Trinajstić information content (AvgIpc) is 2.94. The van der Waals surface area contributed by atoms with E-state index < -0.39 is 6.04 Å². The van der Waals surface area contributed by atoms with Crippen molar-refractivity contribution in [3.8, 4) is 0 Å². The fraction of sp³-hybridized carbons (Fsp3) is 0.533. The molecule has 0 heterocycles. The number of aryl methyl sites for hydroxylation is 1. The van der Waals surface area contributed by atoms with Crippen molar-refractivity contribution in [1.29, 1.82) is 0 Å². The highest BCUT2D eigenvalue weighted by Crippen LogP contribution is 2.50. The Bertz CT molecular complexity index is 436. The number of nitrogens with two attached hydrogens (primary N) is 1. The minimum absolute atomic E-state index is 0.0819. The first-order valence-corrected chi connectivity index (χ1v) is 6.50. The Morgan fingerprint density at radius 1 is 1.44 bits per heavy atom. The van der Waals surface area contributed by atoms with Gasteiger partial charge < -0.3 is 11.1 Å². The molecule has 3 heteroatoms. The molecule has 98 valence electrons. The van der Waals surface area contributed by atoms with Crippen molar-refractivity contribution in [2.24, 2.45) is 17.1 Å². The van der Waals surface area contributed by atoms with Gasteiger partial charge in [0.15, 0.2) is 0 Å². The molecule has 1 aliphatic carbocycles. The standard InChI is InChI=1S/C15H22N2O/c1-10-4-6-11(7-5-10)13(16)14(18)17-9-12-8-15(12,2)3/h4-7,12-13H,8-9,16H2,1-3H3,(H,17,18). The molecule has 3 nitrogen and oxygen atoms in total. The third kappa shape index (κ3) is 2.91. The van der Waals surface area contributed by atoms with E-state index in [9.17, 15) is 4.79 Å². The molecule has 1 aliphatic rings. The maximum Gasteiger partial charge on any atom is 0.241 e. The molecule has 2 atom stereocenters. The van der Waals surface area contributed by atoms with Crippen LogP contribution in [0, 0.1) is 18.3 Å². The van der Waals surface area contributed by atoms with Crippen LogP contribution in [-0.4, -0.2) is 12.5 Å². The van der Waals surface area contributed by atoms with Crippen molar-refractivity contribution in [1.82, 2.24) is 5.32 Å². The van der Waals surface area contributed by atoms with Gasteiger partial charge in [-0.3, -0.25) is 4.79 Å². The van der Waals surface area contributed by atoms with E-state index in [1.54, 1.807) is 0 Å². The van der Waals surface area contributed by atoms with E-state index >= 15 is 0 Å². The van der Waals surface area contributed by atoms with Crippen molar-refractivity contribution in [3.63, 3.8) is 0 Å². The molecule has 0 saturated heterocycles. The first-order valence-electron chi connectivity index (χ1n) is 6.50. The second-order valence-corrected chi connectivity index (χ2v) is 6.02. The summed E-state index contributed by atoms with van der Waals surface area (Å²) < 4.78 is 0. The zero-order chi connectivity index (χ0) is 13.3. The zero-order valence-electron chi connectivity index (χ0n) is 11.4. The van der Waals surface area contributed by atoms with Crippen LogP contribution in [0.3, 0.4) is 0 Å². The van der Waals surface area contributed by atoms with Crippen LogP contribution in [0.5, 0.6) is 0 Å². The molecule has 0 bridgehead atoms. The van der Waals surface area contributed by atoms with Gasteiger partial charge in [-0.1, -0.05) is 43.7 Å². The molecule has 1 saturated carbocycles. The van der Waals surface area contributed by atoms with Crippen LogP contribution in [0.1, 0.15) is 37.4 Å². The highest BCUT2D eigenvalue weighted by Gasteiger charge is 2.45. The monoisotopic (exact) mass is 246 g/mol. The number of nitrogens with one attached hydrogen (secondary N) is 1. The second kappa shape index (κ2) is 4.73. The van der Waals surface area contributed by atoms with Crippen LogP contribution >= 0.6 is 0 Å². The normalized spacial score (nSPS) is 22.3. The van der Waals surface area contributed by atoms with Crippen LogP contribution < -0.4 is 11.1 Å². The fourth-order valence-corrected chi connectivity index (χ4v) is 2.18. The number of carbonyl (C=O) groups is 1. The van der Waals surface area contributed by atoms with E-state index in [4.69, 9.17) is 5.73 Å². The van der Waals surface area contributed by atoms with Crippen molar-refractivity contribution >= 4 is 5.91 Å². The molecule has 3 N–H and O–H groups in total. The Kier molecular flexibility index (Phi) is 3.44. The highest BCUT2D eigenvalue weighted by molar-refractivity contribution is 5.82. The summed E-state index contributed by atoms with van der Waals surface area (Å²) in [7, 11) is 0. The maximum atomic E-state index is 11.9. The van der Waals surface area contributed by atoms with Gasteiger partial charge in [-0.05, 0) is 30.2 Å². The lowest BCUT2D eigenvalue weighted by Crippen LogP contribution is -2.35. The van der Waals surface area contributed by atoms with Crippen molar-refractivity contribution in [2.45, 2.75) is 33.2 Å². The smallest absolute Gasteiger partial charge is 0.241 e. The van der Waals surface area contributed by atoms with Crippen LogP contribution in [0.4, 0.5) is 0 Å². The number of rotatable bonds is 4. The summed E-state index contributed by atoms with van der Waals surface area (Å²) in [5, 5.41) is 2.95. The predicted molar refractivity (Wildman–Crippen MR) is 73.0 cm³/mol. The minimum atomic E-state index is -0.563. The van der Waals surface area contributed by atoms with Gasteiger partial charge in [0.2, 0.25) is 5.91 Å². The molecular formula is C15H22N2O. The molecule has 1 aromatic carbocycles. The quantitative estimate of drug-likeness (QED) is 0.855. The topological polar surface area (TPSA) is 55.1 Å². The largest absolute Gasteiger partial charge is 0.354 e. The number of benzene rings is 1. The summed E-state index contributed by atoms with van der Waals surface area (Å²) in [5.41, 5.74) is 8.38. The van der Waals surface area contributed by atoms with Gasteiger partial charge in [0.05, 0.1) is 0 Å². The van der Waals surface area contributed by atoms with Crippen molar-refractivity contribution in [2.75, 3.05) is 6.54 Å². The van der Waals surface area contributed by atoms with Gasteiger partial charge in [0.1, 0.15) is 6.04 Å². The number of carbonyl (C=O) groups excluding carboxylic acids is 1. The molecule has 0 aromatic heterocycles. The second-order valence-electron chi connectivity index (χ2n) is 6.02. The van der Waals surface area contributed by atoms with E-state index in [0.717, 1.165) is 12.1 Å². The highest BCUT2D eigenvalue weighted by atomic mass is 16.2.